The molecule has 0 radical (unpaired) electrons. The van der Waals surface area contributed by atoms with E-state index in [2.05, 4.69) is 36.9 Å². The van der Waals surface area contributed by atoms with Gasteiger partial charge >= 0.3 is 0 Å². The van der Waals surface area contributed by atoms with Crippen LogP contribution >= 0.6 is 0 Å². The summed E-state index contributed by atoms with van der Waals surface area (Å²) in [7, 11) is 0. The maximum Gasteiger partial charge on any atom is 0.0426 e. The van der Waals surface area contributed by atoms with E-state index in [-0.39, 0.29) is 6.04 Å². The lowest BCUT2D eigenvalue weighted by Gasteiger charge is -2.28. The smallest absolute Gasteiger partial charge is 0.0426 e. The van der Waals surface area contributed by atoms with Gasteiger partial charge in [-0.15, -0.1) is 0 Å². The Balaban J connectivity index is 1.96. The number of rotatable bonds is 3. The molecule has 1 aliphatic rings. The van der Waals surface area contributed by atoms with E-state index in [1.165, 1.54) is 61.9 Å². The van der Waals surface area contributed by atoms with E-state index in [0.717, 1.165) is 6.54 Å². The standard InChI is InChI=1S/C17H28N2/c1-14-8-9-16(15(2)12-14)17(18)13-19-10-6-4-3-5-7-11-19/h8-9,12,17H,3-7,10-11,13,18H2,1-2H3. The third-order valence-electron chi connectivity index (χ3n) is 4.23. The lowest BCUT2D eigenvalue weighted by atomic mass is 9.99. The molecule has 1 atom stereocenters. The molecule has 1 aromatic carbocycles. The zero-order valence-electron chi connectivity index (χ0n) is 12.5. The minimum Gasteiger partial charge on any atom is -0.323 e. The van der Waals surface area contributed by atoms with Crippen LogP contribution in [0.3, 0.4) is 0 Å². The lowest BCUT2D eigenvalue weighted by molar-refractivity contribution is 0.234. The van der Waals surface area contributed by atoms with Crippen LogP contribution < -0.4 is 5.73 Å². The Bertz CT molecular complexity index is 392. The Morgan fingerprint density at radius 3 is 2.32 bits per heavy atom. The van der Waals surface area contributed by atoms with Crippen LogP contribution in [0.4, 0.5) is 0 Å². The van der Waals surface area contributed by atoms with Gasteiger partial charge in [0.15, 0.2) is 0 Å². The van der Waals surface area contributed by atoms with Crippen LogP contribution in [0.2, 0.25) is 0 Å². The van der Waals surface area contributed by atoms with Crippen LogP contribution in [0.15, 0.2) is 18.2 Å². The van der Waals surface area contributed by atoms with Gasteiger partial charge in [0, 0.05) is 12.6 Å². The van der Waals surface area contributed by atoms with Crippen molar-refractivity contribution in [2.24, 2.45) is 5.73 Å². The molecular weight excluding hydrogens is 232 g/mol. The number of aryl methyl sites for hydroxylation is 2. The van der Waals surface area contributed by atoms with Crippen molar-refractivity contribution in [1.29, 1.82) is 0 Å². The first-order chi connectivity index (χ1) is 9.16. The first-order valence-corrected chi connectivity index (χ1v) is 7.72. The predicted octanol–water partition coefficient (Wildman–Crippen LogP) is 3.57. The van der Waals surface area contributed by atoms with Gasteiger partial charge in [0.25, 0.3) is 0 Å². The fourth-order valence-corrected chi connectivity index (χ4v) is 3.11. The molecule has 0 saturated carbocycles. The van der Waals surface area contributed by atoms with Crippen LogP contribution in [-0.4, -0.2) is 24.5 Å². The Morgan fingerprint density at radius 1 is 1.05 bits per heavy atom. The number of likely N-dealkylation sites (tertiary alicyclic amines) is 1. The summed E-state index contributed by atoms with van der Waals surface area (Å²) in [6.45, 7) is 7.76. The van der Waals surface area contributed by atoms with E-state index in [4.69, 9.17) is 5.73 Å². The van der Waals surface area contributed by atoms with Crippen molar-refractivity contribution in [2.45, 2.75) is 52.0 Å². The predicted molar refractivity (Wildman–Crippen MR) is 82.4 cm³/mol. The van der Waals surface area contributed by atoms with Crippen molar-refractivity contribution in [3.63, 3.8) is 0 Å². The number of nitrogens with two attached hydrogens (primary N) is 1. The minimum absolute atomic E-state index is 0.153. The average molecular weight is 260 g/mol. The Kier molecular flexibility index (Phi) is 5.41. The van der Waals surface area contributed by atoms with Gasteiger partial charge in [0.1, 0.15) is 0 Å². The maximum absolute atomic E-state index is 6.43. The highest BCUT2D eigenvalue weighted by atomic mass is 15.1. The summed E-state index contributed by atoms with van der Waals surface area (Å²) in [6, 6.07) is 6.78. The van der Waals surface area contributed by atoms with Crippen molar-refractivity contribution in [3.05, 3.63) is 34.9 Å². The molecule has 19 heavy (non-hydrogen) atoms. The zero-order valence-corrected chi connectivity index (χ0v) is 12.5. The van der Waals surface area contributed by atoms with Crippen LogP contribution in [0.1, 0.15) is 54.8 Å². The Labute approximate surface area is 118 Å². The third kappa shape index (κ3) is 4.32. The molecule has 0 amide bonds. The van der Waals surface area contributed by atoms with Crippen LogP contribution in [0, 0.1) is 13.8 Å². The fraction of sp³-hybridized carbons (Fsp3) is 0.647. The van der Waals surface area contributed by atoms with Gasteiger partial charge in [-0.3, -0.25) is 0 Å². The van der Waals surface area contributed by atoms with E-state index >= 15 is 0 Å². The van der Waals surface area contributed by atoms with Gasteiger partial charge in [-0.2, -0.15) is 0 Å². The van der Waals surface area contributed by atoms with Gasteiger partial charge in [-0.05, 0) is 50.9 Å². The second kappa shape index (κ2) is 7.06. The molecule has 0 bridgehead atoms. The minimum atomic E-state index is 0.153. The molecule has 2 heteroatoms. The Morgan fingerprint density at radius 2 is 1.68 bits per heavy atom. The summed E-state index contributed by atoms with van der Waals surface area (Å²) in [5.74, 6) is 0. The molecule has 2 nitrogen and oxygen atoms in total. The molecule has 2 N–H and O–H groups in total. The number of benzene rings is 1. The molecule has 1 fully saturated rings. The molecule has 1 saturated heterocycles. The molecule has 1 unspecified atom stereocenters. The van der Waals surface area contributed by atoms with E-state index in [1.54, 1.807) is 0 Å². The van der Waals surface area contributed by atoms with E-state index in [1.807, 2.05) is 0 Å². The van der Waals surface area contributed by atoms with Gasteiger partial charge in [0.05, 0.1) is 0 Å². The highest BCUT2D eigenvalue weighted by Gasteiger charge is 2.15. The lowest BCUT2D eigenvalue weighted by Crippen LogP contribution is -2.34. The second-order valence-corrected chi connectivity index (χ2v) is 6.03. The number of hydrogen-bond acceptors (Lipinski definition) is 2. The number of nitrogens with zero attached hydrogens (tertiary/aromatic N) is 1. The van der Waals surface area contributed by atoms with Crippen molar-refractivity contribution in [1.82, 2.24) is 4.90 Å². The van der Waals surface area contributed by atoms with Gasteiger partial charge < -0.3 is 10.6 Å². The fourth-order valence-electron chi connectivity index (χ4n) is 3.11. The molecule has 1 heterocycles. The monoisotopic (exact) mass is 260 g/mol. The highest BCUT2D eigenvalue weighted by molar-refractivity contribution is 5.32. The quantitative estimate of drug-likeness (QED) is 0.900. The van der Waals surface area contributed by atoms with Gasteiger partial charge in [0.2, 0.25) is 0 Å². The van der Waals surface area contributed by atoms with E-state index < -0.39 is 0 Å². The SMILES string of the molecule is Cc1ccc(C(N)CN2CCCCCCC2)c(C)c1. The summed E-state index contributed by atoms with van der Waals surface area (Å²) < 4.78 is 0. The molecule has 0 aliphatic carbocycles. The zero-order chi connectivity index (χ0) is 13.7. The second-order valence-electron chi connectivity index (χ2n) is 6.03. The first kappa shape index (κ1) is 14.5. The van der Waals surface area contributed by atoms with Crippen LogP contribution in [0.25, 0.3) is 0 Å². The Hall–Kier alpha value is -0.860. The first-order valence-electron chi connectivity index (χ1n) is 7.72. The van der Waals surface area contributed by atoms with Crippen molar-refractivity contribution in [3.8, 4) is 0 Å². The molecule has 1 aliphatic heterocycles. The summed E-state index contributed by atoms with van der Waals surface area (Å²) in [5.41, 5.74) is 10.4. The van der Waals surface area contributed by atoms with Crippen molar-refractivity contribution in [2.75, 3.05) is 19.6 Å². The molecular formula is C17H28N2. The third-order valence-corrected chi connectivity index (χ3v) is 4.23. The van der Waals surface area contributed by atoms with Crippen LogP contribution in [0.5, 0.6) is 0 Å². The largest absolute Gasteiger partial charge is 0.323 e. The highest BCUT2D eigenvalue weighted by Crippen LogP contribution is 2.19. The molecule has 0 aromatic heterocycles. The molecule has 106 valence electrons. The summed E-state index contributed by atoms with van der Waals surface area (Å²) in [6.07, 6.45) is 6.85. The summed E-state index contributed by atoms with van der Waals surface area (Å²) >= 11 is 0. The molecule has 2 rings (SSSR count). The molecule has 0 spiro atoms. The van der Waals surface area contributed by atoms with Gasteiger partial charge in [-0.25, -0.2) is 0 Å². The van der Waals surface area contributed by atoms with Crippen molar-refractivity contribution < 1.29 is 0 Å². The van der Waals surface area contributed by atoms with Crippen molar-refractivity contribution >= 4 is 0 Å². The maximum atomic E-state index is 6.43. The summed E-state index contributed by atoms with van der Waals surface area (Å²) in [5, 5.41) is 0. The molecule has 1 aromatic rings. The number of hydrogen-bond donors (Lipinski definition) is 1. The summed E-state index contributed by atoms with van der Waals surface area (Å²) in [4.78, 5) is 2.56. The van der Waals surface area contributed by atoms with Crippen LogP contribution in [-0.2, 0) is 0 Å². The topological polar surface area (TPSA) is 29.3 Å². The normalized spacial score (nSPS) is 19.7. The van der Waals surface area contributed by atoms with Gasteiger partial charge in [-0.1, -0.05) is 43.0 Å². The van der Waals surface area contributed by atoms with E-state index in [9.17, 15) is 0 Å². The van der Waals surface area contributed by atoms with E-state index in [0.29, 0.717) is 0 Å². The average Bonchev–Trinajstić information content (AvgIpc) is 2.32.